The Kier molecular flexibility index (Phi) is 3.31. The van der Waals surface area contributed by atoms with Crippen LogP contribution in [-0.4, -0.2) is 35.2 Å². The fourth-order valence-electron chi connectivity index (χ4n) is 2.02. The van der Waals surface area contributed by atoms with E-state index in [-0.39, 0.29) is 17.7 Å². The van der Waals surface area contributed by atoms with Crippen LogP contribution in [-0.2, 0) is 4.79 Å². The van der Waals surface area contributed by atoms with E-state index in [0.29, 0.717) is 25.2 Å². The number of carbonyl (C=O) groups excluding carboxylic acids is 1. The summed E-state index contributed by atoms with van der Waals surface area (Å²) >= 11 is 0. The molecule has 1 unspecified atom stereocenters. The summed E-state index contributed by atoms with van der Waals surface area (Å²) in [4.78, 5) is 11.9. The van der Waals surface area contributed by atoms with Crippen LogP contribution in [0.3, 0.4) is 0 Å². The van der Waals surface area contributed by atoms with E-state index >= 15 is 0 Å². The molecule has 1 fully saturated rings. The summed E-state index contributed by atoms with van der Waals surface area (Å²) in [6, 6.07) is 6.81. The third-order valence-corrected chi connectivity index (χ3v) is 2.71. The summed E-state index contributed by atoms with van der Waals surface area (Å²) in [7, 11) is 0. The first-order chi connectivity index (χ1) is 8.09. The van der Waals surface area contributed by atoms with Crippen LogP contribution >= 0.6 is 0 Å². The van der Waals surface area contributed by atoms with Gasteiger partial charge in [0.2, 0.25) is 5.91 Å². The number of rotatable bonds is 3. The summed E-state index contributed by atoms with van der Waals surface area (Å²) in [5.41, 5.74) is 6.28. The van der Waals surface area contributed by atoms with Crippen molar-refractivity contribution < 1.29 is 9.90 Å². The maximum absolute atomic E-state index is 11.9. The Morgan fingerprint density at radius 1 is 1.47 bits per heavy atom. The summed E-state index contributed by atoms with van der Waals surface area (Å²) in [6.45, 7) is 3.14. The van der Waals surface area contributed by atoms with Crippen LogP contribution in [0.4, 0.5) is 5.69 Å². The quantitative estimate of drug-likeness (QED) is 0.809. The molecule has 0 bridgehead atoms. The van der Waals surface area contributed by atoms with Gasteiger partial charge in [-0.2, -0.15) is 0 Å². The number of carbonyl (C=O) groups is 1. The SMILES string of the molecule is CC(N)CN1CCC(=O)N1c1ccccc1O. The van der Waals surface area contributed by atoms with Crippen molar-refractivity contribution in [1.82, 2.24) is 5.01 Å². The molecule has 1 aliphatic rings. The highest BCUT2D eigenvalue weighted by atomic mass is 16.3. The van der Waals surface area contributed by atoms with Gasteiger partial charge in [-0.3, -0.25) is 4.79 Å². The zero-order chi connectivity index (χ0) is 12.4. The first-order valence-corrected chi connectivity index (χ1v) is 5.71. The van der Waals surface area contributed by atoms with E-state index < -0.39 is 0 Å². The highest BCUT2D eigenvalue weighted by Crippen LogP contribution is 2.30. The summed E-state index contributed by atoms with van der Waals surface area (Å²) < 4.78 is 0. The Morgan fingerprint density at radius 3 is 2.82 bits per heavy atom. The van der Waals surface area contributed by atoms with Crippen molar-refractivity contribution in [3.8, 4) is 5.75 Å². The first kappa shape index (κ1) is 11.9. The predicted octanol–water partition coefficient (Wildman–Crippen LogP) is 0.693. The van der Waals surface area contributed by atoms with Crippen LogP contribution in [0.2, 0.25) is 0 Å². The van der Waals surface area contributed by atoms with Gasteiger partial charge >= 0.3 is 0 Å². The molecule has 1 aliphatic heterocycles. The van der Waals surface area contributed by atoms with Gasteiger partial charge in [-0.05, 0) is 19.1 Å². The molecular formula is C12H17N3O2. The molecular weight excluding hydrogens is 218 g/mol. The molecule has 0 saturated carbocycles. The number of aromatic hydroxyl groups is 1. The molecule has 1 heterocycles. The lowest BCUT2D eigenvalue weighted by molar-refractivity contribution is -0.118. The summed E-state index contributed by atoms with van der Waals surface area (Å²) in [6.07, 6.45) is 0.459. The van der Waals surface area contributed by atoms with Crippen molar-refractivity contribution >= 4 is 11.6 Å². The minimum Gasteiger partial charge on any atom is -0.506 e. The predicted molar refractivity (Wildman–Crippen MR) is 65.4 cm³/mol. The lowest BCUT2D eigenvalue weighted by atomic mass is 10.3. The van der Waals surface area contributed by atoms with Gasteiger partial charge < -0.3 is 10.8 Å². The average molecular weight is 235 g/mol. The third kappa shape index (κ3) is 2.40. The fraction of sp³-hybridized carbons (Fsp3) is 0.417. The number of phenols is 1. The van der Waals surface area contributed by atoms with Crippen molar-refractivity contribution in [1.29, 1.82) is 0 Å². The van der Waals surface area contributed by atoms with Gasteiger partial charge in [-0.15, -0.1) is 0 Å². The Morgan fingerprint density at radius 2 is 2.18 bits per heavy atom. The van der Waals surface area contributed by atoms with Crippen LogP contribution in [0.25, 0.3) is 0 Å². The molecule has 0 radical (unpaired) electrons. The van der Waals surface area contributed by atoms with Gasteiger partial charge in [-0.25, -0.2) is 10.0 Å². The van der Waals surface area contributed by atoms with Crippen molar-refractivity contribution in [2.45, 2.75) is 19.4 Å². The normalized spacial score (nSPS) is 18.7. The van der Waals surface area contributed by atoms with E-state index in [4.69, 9.17) is 5.73 Å². The Hall–Kier alpha value is -1.59. The smallest absolute Gasteiger partial charge is 0.243 e. The molecule has 1 atom stereocenters. The Balaban J connectivity index is 2.28. The monoisotopic (exact) mass is 235 g/mol. The Labute approximate surface area is 100 Å². The number of hydrogen-bond acceptors (Lipinski definition) is 4. The number of hydrazine groups is 1. The van der Waals surface area contributed by atoms with Gasteiger partial charge in [0.15, 0.2) is 0 Å². The number of nitrogens with zero attached hydrogens (tertiary/aromatic N) is 2. The van der Waals surface area contributed by atoms with Crippen LogP contribution in [0, 0.1) is 0 Å². The largest absolute Gasteiger partial charge is 0.506 e. The highest BCUT2D eigenvalue weighted by molar-refractivity contribution is 5.95. The van der Waals surface area contributed by atoms with Gasteiger partial charge in [0.05, 0.1) is 0 Å². The first-order valence-electron chi connectivity index (χ1n) is 5.71. The number of benzene rings is 1. The molecule has 1 saturated heterocycles. The standard InChI is InChI=1S/C12H17N3O2/c1-9(13)8-14-7-6-12(17)15(14)10-4-2-3-5-11(10)16/h2-5,9,16H,6-8,13H2,1H3. The van der Waals surface area contributed by atoms with E-state index in [9.17, 15) is 9.90 Å². The molecule has 0 aromatic heterocycles. The minimum atomic E-state index is -0.0192. The lowest BCUT2D eigenvalue weighted by Crippen LogP contribution is -2.44. The number of anilines is 1. The maximum Gasteiger partial charge on any atom is 0.243 e. The van der Waals surface area contributed by atoms with E-state index in [2.05, 4.69) is 0 Å². The lowest BCUT2D eigenvalue weighted by Gasteiger charge is -2.29. The van der Waals surface area contributed by atoms with Gasteiger partial charge in [-0.1, -0.05) is 12.1 Å². The summed E-state index contributed by atoms with van der Waals surface area (Å²) in [5, 5.41) is 13.2. The number of amides is 1. The minimum absolute atomic E-state index is 0.00727. The van der Waals surface area contributed by atoms with Gasteiger partial charge in [0, 0.05) is 25.6 Å². The molecule has 5 heteroatoms. The second-order valence-corrected chi connectivity index (χ2v) is 4.33. The van der Waals surface area contributed by atoms with Crippen LogP contribution < -0.4 is 10.7 Å². The highest BCUT2D eigenvalue weighted by Gasteiger charge is 2.31. The molecule has 5 nitrogen and oxygen atoms in total. The second-order valence-electron chi connectivity index (χ2n) is 4.33. The molecule has 2 rings (SSSR count). The molecule has 1 amide bonds. The number of para-hydroxylation sites is 2. The van der Waals surface area contributed by atoms with Crippen LogP contribution in [0.5, 0.6) is 5.75 Å². The second kappa shape index (κ2) is 4.73. The zero-order valence-corrected chi connectivity index (χ0v) is 9.84. The van der Waals surface area contributed by atoms with Crippen LogP contribution in [0.15, 0.2) is 24.3 Å². The maximum atomic E-state index is 11.9. The van der Waals surface area contributed by atoms with Crippen molar-refractivity contribution in [2.24, 2.45) is 5.73 Å². The van der Waals surface area contributed by atoms with Crippen molar-refractivity contribution in [3.05, 3.63) is 24.3 Å². The topological polar surface area (TPSA) is 69.8 Å². The third-order valence-electron chi connectivity index (χ3n) is 2.71. The van der Waals surface area contributed by atoms with Crippen LogP contribution in [0.1, 0.15) is 13.3 Å². The number of hydrogen-bond donors (Lipinski definition) is 2. The molecule has 17 heavy (non-hydrogen) atoms. The van der Waals surface area contributed by atoms with Gasteiger partial charge in [0.1, 0.15) is 11.4 Å². The molecule has 0 aliphatic carbocycles. The number of nitrogens with two attached hydrogens (primary N) is 1. The van der Waals surface area contributed by atoms with E-state index in [1.165, 1.54) is 5.01 Å². The van der Waals surface area contributed by atoms with E-state index in [0.717, 1.165) is 0 Å². The molecule has 3 N–H and O–H groups in total. The van der Waals surface area contributed by atoms with E-state index in [1.807, 2.05) is 11.9 Å². The molecule has 92 valence electrons. The zero-order valence-electron chi connectivity index (χ0n) is 9.84. The van der Waals surface area contributed by atoms with Crippen molar-refractivity contribution in [3.63, 3.8) is 0 Å². The Bertz CT molecular complexity index is 420. The number of phenolic OH excluding ortho intramolecular Hbond substituents is 1. The molecule has 1 aromatic rings. The fourth-order valence-corrected chi connectivity index (χ4v) is 2.02. The molecule has 1 aromatic carbocycles. The summed E-state index contributed by atoms with van der Waals surface area (Å²) in [5.74, 6) is 0.101. The average Bonchev–Trinajstić information content (AvgIpc) is 2.60. The molecule has 0 spiro atoms. The van der Waals surface area contributed by atoms with Crippen molar-refractivity contribution in [2.75, 3.05) is 18.1 Å². The van der Waals surface area contributed by atoms with Gasteiger partial charge in [0.25, 0.3) is 0 Å². The van der Waals surface area contributed by atoms with E-state index in [1.54, 1.807) is 24.3 Å².